The zero-order chi connectivity index (χ0) is 17.3. The fourth-order valence-corrected chi connectivity index (χ4v) is 2.98. The second-order valence-corrected chi connectivity index (χ2v) is 5.97. The maximum Gasteiger partial charge on any atom is 0.111 e. The van der Waals surface area contributed by atoms with E-state index in [0.717, 1.165) is 0 Å². The zero-order valence-electron chi connectivity index (χ0n) is 12.3. The van der Waals surface area contributed by atoms with Gasteiger partial charge in [0.05, 0.1) is 25.4 Å². The molecule has 0 aromatic rings. The van der Waals surface area contributed by atoms with Gasteiger partial charge in [-0.15, -0.1) is 0 Å². The third-order valence-corrected chi connectivity index (χ3v) is 4.45. The summed E-state index contributed by atoms with van der Waals surface area (Å²) in [6.45, 7) is -1.17. The van der Waals surface area contributed by atoms with Gasteiger partial charge in [0, 0.05) is 6.42 Å². The summed E-state index contributed by atoms with van der Waals surface area (Å²) in [5.74, 6) is 0. The van der Waals surface area contributed by atoms with Crippen molar-refractivity contribution in [1.82, 2.24) is 0 Å². The highest BCUT2D eigenvalue weighted by atomic mass is 16.6. The number of hydrogen-bond acceptors (Lipinski definition) is 10. The Labute approximate surface area is 132 Å². The molecule has 8 N–H and O–H groups in total. The van der Waals surface area contributed by atoms with E-state index in [1.165, 1.54) is 0 Å². The van der Waals surface area contributed by atoms with Crippen molar-refractivity contribution in [1.29, 1.82) is 0 Å². The van der Waals surface area contributed by atoms with E-state index in [0.29, 0.717) is 0 Å². The smallest absolute Gasteiger partial charge is 0.111 e. The van der Waals surface area contributed by atoms with Gasteiger partial charge in [-0.1, -0.05) is 0 Å². The molecule has 0 bridgehead atoms. The molecule has 2 fully saturated rings. The SMILES string of the molecule is OC[C@H]1O[C@@H](C[C@@H]2O[C@H](CO)[C@@H](O)[C@H](O)[C@H]2O)[C@H](O)[C@@H](O)[C@@H]1O. The van der Waals surface area contributed by atoms with E-state index in [4.69, 9.17) is 19.7 Å². The van der Waals surface area contributed by atoms with Crippen molar-refractivity contribution in [3.8, 4) is 0 Å². The fraction of sp³-hybridized carbons (Fsp3) is 1.00. The first kappa shape index (κ1) is 18.9. The summed E-state index contributed by atoms with van der Waals surface area (Å²) in [7, 11) is 0. The van der Waals surface area contributed by atoms with Crippen molar-refractivity contribution in [2.24, 2.45) is 0 Å². The summed E-state index contributed by atoms with van der Waals surface area (Å²) < 4.78 is 10.6. The fourth-order valence-electron chi connectivity index (χ4n) is 2.98. The molecule has 10 atom stereocenters. The summed E-state index contributed by atoms with van der Waals surface area (Å²) in [4.78, 5) is 0. The van der Waals surface area contributed by atoms with Crippen LogP contribution in [0.15, 0.2) is 0 Å². The molecule has 23 heavy (non-hydrogen) atoms. The number of rotatable bonds is 4. The highest BCUT2D eigenvalue weighted by Gasteiger charge is 2.48. The molecule has 0 aliphatic carbocycles. The molecule has 2 aliphatic heterocycles. The number of aliphatic hydroxyl groups is 8. The van der Waals surface area contributed by atoms with Gasteiger partial charge in [0.15, 0.2) is 0 Å². The quantitative estimate of drug-likeness (QED) is 0.247. The predicted octanol–water partition coefficient (Wildman–Crippen LogP) is -4.94. The number of ether oxygens (including phenoxy) is 2. The van der Waals surface area contributed by atoms with Crippen LogP contribution < -0.4 is 0 Å². The lowest BCUT2D eigenvalue weighted by molar-refractivity contribution is -0.262. The highest BCUT2D eigenvalue weighted by Crippen LogP contribution is 2.29. The minimum Gasteiger partial charge on any atom is -0.394 e. The molecule has 136 valence electrons. The van der Waals surface area contributed by atoms with Crippen molar-refractivity contribution >= 4 is 0 Å². The van der Waals surface area contributed by atoms with Crippen LogP contribution in [0.1, 0.15) is 6.42 Å². The molecule has 2 aliphatic rings. The standard InChI is InChI=1S/C13H24O10/c14-2-6-10(18)12(20)8(16)4(22-6)1-5-9(17)13(21)11(19)7(3-15)23-5/h4-21H,1-3H2/t4-,5-,6+,7+,8-,9-,10+,11+,12+,13+/m0/s1. The van der Waals surface area contributed by atoms with E-state index < -0.39 is 74.3 Å². The Morgan fingerprint density at radius 1 is 0.478 bits per heavy atom. The molecular weight excluding hydrogens is 316 g/mol. The van der Waals surface area contributed by atoms with Gasteiger partial charge < -0.3 is 50.3 Å². The molecule has 0 radical (unpaired) electrons. The molecule has 2 heterocycles. The Bertz CT molecular complexity index is 344. The second kappa shape index (κ2) is 7.66. The molecule has 0 unspecified atom stereocenters. The number of aliphatic hydroxyl groups excluding tert-OH is 8. The molecule has 0 saturated carbocycles. The maximum absolute atomic E-state index is 9.96. The van der Waals surface area contributed by atoms with Crippen molar-refractivity contribution < 1.29 is 50.3 Å². The van der Waals surface area contributed by atoms with Crippen molar-refractivity contribution in [2.45, 2.75) is 67.5 Å². The topological polar surface area (TPSA) is 180 Å². The zero-order valence-corrected chi connectivity index (χ0v) is 12.3. The second-order valence-electron chi connectivity index (χ2n) is 5.97. The normalized spacial score (nSPS) is 51.7. The average molecular weight is 340 g/mol. The molecule has 0 amide bonds. The highest BCUT2D eigenvalue weighted by molar-refractivity contribution is 4.97. The third kappa shape index (κ3) is 3.66. The first-order valence-electron chi connectivity index (χ1n) is 7.42. The van der Waals surface area contributed by atoms with Gasteiger partial charge in [0.2, 0.25) is 0 Å². The largest absolute Gasteiger partial charge is 0.394 e. The van der Waals surface area contributed by atoms with E-state index in [1.54, 1.807) is 0 Å². The van der Waals surface area contributed by atoms with Crippen LogP contribution in [0.4, 0.5) is 0 Å². The van der Waals surface area contributed by atoms with Crippen LogP contribution in [-0.4, -0.2) is 115 Å². The van der Waals surface area contributed by atoms with E-state index in [-0.39, 0.29) is 6.42 Å². The molecule has 10 nitrogen and oxygen atoms in total. The van der Waals surface area contributed by atoms with E-state index in [2.05, 4.69) is 0 Å². The first-order chi connectivity index (χ1) is 10.8. The molecule has 0 spiro atoms. The lowest BCUT2D eigenvalue weighted by Gasteiger charge is -2.44. The van der Waals surface area contributed by atoms with Crippen LogP contribution in [0.2, 0.25) is 0 Å². The summed E-state index contributed by atoms with van der Waals surface area (Å²) >= 11 is 0. The molecule has 2 rings (SSSR count). The Morgan fingerprint density at radius 2 is 0.783 bits per heavy atom. The van der Waals surface area contributed by atoms with E-state index in [1.807, 2.05) is 0 Å². The van der Waals surface area contributed by atoms with Gasteiger partial charge >= 0.3 is 0 Å². The summed E-state index contributed by atoms with van der Waals surface area (Å²) in [6.07, 6.45) is -13.7. The van der Waals surface area contributed by atoms with Gasteiger partial charge in [0.25, 0.3) is 0 Å². The van der Waals surface area contributed by atoms with E-state index >= 15 is 0 Å². The van der Waals surface area contributed by atoms with Crippen molar-refractivity contribution in [3.05, 3.63) is 0 Å². The Morgan fingerprint density at radius 3 is 1.09 bits per heavy atom. The summed E-state index contributed by atoms with van der Waals surface area (Å²) in [6, 6.07) is 0. The van der Waals surface area contributed by atoms with Crippen LogP contribution in [0.3, 0.4) is 0 Å². The van der Waals surface area contributed by atoms with Gasteiger partial charge in [-0.3, -0.25) is 0 Å². The van der Waals surface area contributed by atoms with Crippen molar-refractivity contribution in [2.75, 3.05) is 13.2 Å². The lowest BCUT2D eigenvalue weighted by Crippen LogP contribution is -2.62. The van der Waals surface area contributed by atoms with E-state index in [9.17, 15) is 30.6 Å². The Balaban J connectivity index is 2.07. The van der Waals surface area contributed by atoms with Gasteiger partial charge in [0.1, 0.15) is 48.8 Å². The van der Waals surface area contributed by atoms with Gasteiger partial charge in [-0.2, -0.15) is 0 Å². The van der Waals surface area contributed by atoms with Crippen LogP contribution in [0.25, 0.3) is 0 Å². The summed E-state index contributed by atoms with van der Waals surface area (Å²) in [5, 5.41) is 77.1. The van der Waals surface area contributed by atoms with Crippen LogP contribution >= 0.6 is 0 Å². The molecule has 0 aromatic heterocycles. The van der Waals surface area contributed by atoms with Gasteiger partial charge in [-0.05, 0) is 0 Å². The predicted molar refractivity (Wildman–Crippen MR) is 72.2 cm³/mol. The Hall–Kier alpha value is -0.400. The minimum atomic E-state index is -1.56. The Kier molecular flexibility index (Phi) is 6.30. The molecule has 2 saturated heterocycles. The summed E-state index contributed by atoms with van der Waals surface area (Å²) in [5.41, 5.74) is 0. The minimum absolute atomic E-state index is 0.192. The maximum atomic E-state index is 9.96. The van der Waals surface area contributed by atoms with Crippen LogP contribution in [-0.2, 0) is 9.47 Å². The monoisotopic (exact) mass is 340 g/mol. The third-order valence-electron chi connectivity index (χ3n) is 4.45. The van der Waals surface area contributed by atoms with Gasteiger partial charge in [-0.25, -0.2) is 0 Å². The average Bonchev–Trinajstić information content (AvgIpc) is 2.55. The molecule has 10 heteroatoms. The van der Waals surface area contributed by atoms with Crippen LogP contribution in [0.5, 0.6) is 0 Å². The molecular formula is C13H24O10. The molecule has 0 aromatic carbocycles. The lowest BCUT2D eigenvalue weighted by atomic mass is 9.87. The first-order valence-corrected chi connectivity index (χ1v) is 7.42. The van der Waals surface area contributed by atoms with Crippen molar-refractivity contribution in [3.63, 3.8) is 0 Å². The number of hydrogen-bond donors (Lipinski definition) is 8. The van der Waals surface area contributed by atoms with Crippen LogP contribution in [0, 0.1) is 0 Å².